The zero-order valence-corrected chi connectivity index (χ0v) is 13.4. The summed E-state index contributed by atoms with van der Waals surface area (Å²) in [5.41, 5.74) is 1.33. The van der Waals surface area contributed by atoms with Crippen LogP contribution in [0.15, 0.2) is 40.6 Å². The number of esters is 1. The van der Waals surface area contributed by atoms with Crippen molar-refractivity contribution in [2.45, 2.75) is 45.6 Å². The molecule has 0 heterocycles. The maximum atomic E-state index is 11.9. The molecule has 0 fully saturated rings. The molecular weight excluding hydrogens is 294 g/mol. The number of benzene rings is 1. The van der Waals surface area contributed by atoms with Gasteiger partial charge in [-0.3, -0.25) is 9.79 Å². The van der Waals surface area contributed by atoms with Crippen LogP contribution in [0.5, 0.6) is 0 Å². The first-order valence-electron chi connectivity index (χ1n) is 7.81. The lowest BCUT2D eigenvalue weighted by atomic mass is 9.97. The van der Waals surface area contributed by atoms with Crippen LogP contribution in [-0.2, 0) is 9.53 Å². The van der Waals surface area contributed by atoms with Gasteiger partial charge in [0.1, 0.15) is 5.76 Å². The van der Waals surface area contributed by atoms with Gasteiger partial charge in [-0.25, -0.2) is 4.79 Å². The van der Waals surface area contributed by atoms with Gasteiger partial charge in [-0.2, -0.15) is 0 Å². The molecule has 1 aromatic rings. The minimum absolute atomic E-state index is 0.0914. The number of hydrogen-bond donors (Lipinski definition) is 1. The molecule has 0 radical (unpaired) electrons. The van der Waals surface area contributed by atoms with Crippen molar-refractivity contribution in [3.63, 3.8) is 0 Å². The number of aliphatic imine (C=N–C) groups is 1. The lowest BCUT2D eigenvalue weighted by Crippen LogP contribution is -2.13. The van der Waals surface area contributed by atoms with E-state index in [1.807, 2.05) is 13.8 Å². The fourth-order valence-electron chi connectivity index (χ4n) is 2.15. The topological polar surface area (TPSA) is 76.0 Å². The first-order valence-corrected chi connectivity index (χ1v) is 7.81. The molecule has 0 amide bonds. The van der Waals surface area contributed by atoms with Crippen LogP contribution >= 0.6 is 0 Å². The Hall–Kier alpha value is -2.43. The van der Waals surface area contributed by atoms with Crippen molar-refractivity contribution in [2.24, 2.45) is 4.99 Å². The zero-order chi connectivity index (χ0) is 16.8. The number of ketones is 1. The average molecular weight is 315 g/mol. The van der Waals surface area contributed by atoms with E-state index < -0.39 is 0 Å². The van der Waals surface area contributed by atoms with E-state index in [9.17, 15) is 14.7 Å². The van der Waals surface area contributed by atoms with Gasteiger partial charge in [0.25, 0.3) is 0 Å². The van der Waals surface area contributed by atoms with E-state index in [0.29, 0.717) is 30.5 Å². The Kier molecular flexibility index (Phi) is 5.68. The summed E-state index contributed by atoms with van der Waals surface area (Å²) in [6.45, 7) is 3.80. The molecule has 2 rings (SSSR count). The highest BCUT2D eigenvalue weighted by Crippen LogP contribution is 2.20. The van der Waals surface area contributed by atoms with Crippen LogP contribution in [-0.4, -0.2) is 29.2 Å². The number of ether oxygens (including phenoxy) is 1. The summed E-state index contributed by atoms with van der Waals surface area (Å²) < 4.78 is 5.25. The molecule has 5 heteroatoms. The van der Waals surface area contributed by atoms with Gasteiger partial charge in [-0.15, -0.1) is 0 Å². The Bertz CT molecular complexity index is 643. The third kappa shape index (κ3) is 4.52. The van der Waals surface area contributed by atoms with Gasteiger partial charge in [0, 0.05) is 19.1 Å². The van der Waals surface area contributed by atoms with Crippen LogP contribution in [0.25, 0.3) is 0 Å². The summed E-state index contributed by atoms with van der Waals surface area (Å²) in [4.78, 5) is 27.8. The number of carbonyl (C=O) groups is 2. The number of hydrogen-bond acceptors (Lipinski definition) is 5. The van der Waals surface area contributed by atoms with E-state index in [4.69, 9.17) is 4.74 Å². The smallest absolute Gasteiger partial charge is 0.338 e. The molecule has 1 N–H and O–H groups in total. The largest absolute Gasteiger partial charge is 0.512 e. The highest BCUT2D eigenvalue weighted by Gasteiger charge is 2.18. The molecule has 0 saturated heterocycles. The summed E-state index contributed by atoms with van der Waals surface area (Å²) >= 11 is 0. The molecule has 0 saturated carbocycles. The van der Waals surface area contributed by atoms with Crippen LogP contribution in [0.3, 0.4) is 0 Å². The molecular formula is C18H21NO4. The molecule has 0 bridgehead atoms. The van der Waals surface area contributed by atoms with E-state index in [2.05, 4.69) is 4.99 Å². The molecule has 0 aromatic heterocycles. The van der Waals surface area contributed by atoms with Gasteiger partial charge in [0.2, 0.25) is 0 Å². The van der Waals surface area contributed by atoms with Gasteiger partial charge in [-0.05, 0) is 44.0 Å². The van der Waals surface area contributed by atoms with Crippen LogP contribution in [0.1, 0.15) is 49.9 Å². The number of aliphatic hydroxyl groups excluding tert-OH is 1. The molecule has 1 atom stereocenters. The molecule has 1 aliphatic rings. The van der Waals surface area contributed by atoms with E-state index >= 15 is 0 Å². The lowest BCUT2D eigenvalue weighted by molar-refractivity contribution is -0.115. The van der Waals surface area contributed by atoms with E-state index in [0.717, 1.165) is 6.42 Å². The Labute approximate surface area is 135 Å². The predicted octanol–water partition coefficient (Wildman–Crippen LogP) is 3.91. The van der Waals surface area contributed by atoms with Crippen molar-refractivity contribution < 1.29 is 19.4 Å². The van der Waals surface area contributed by atoms with Crippen molar-refractivity contribution in [1.29, 1.82) is 0 Å². The van der Waals surface area contributed by atoms with Gasteiger partial charge in [0.05, 0.1) is 22.9 Å². The Morgan fingerprint density at radius 2 is 2.04 bits per heavy atom. The first-order chi connectivity index (χ1) is 11.0. The number of nitrogens with zero attached hydrogens (tertiary/aromatic N) is 1. The van der Waals surface area contributed by atoms with Gasteiger partial charge in [0.15, 0.2) is 5.78 Å². The summed E-state index contributed by atoms with van der Waals surface area (Å²) in [6.07, 6.45) is 3.66. The summed E-state index contributed by atoms with van der Waals surface area (Å²) in [7, 11) is 0. The number of Topliss-reactive ketones (excluding diaryl/α,β-unsaturated/α-hetero) is 1. The maximum absolute atomic E-state index is 11.9. The third-order valence-corrected chi connectivity index (χ3v) is 3.76. The van der Waals surface area contributed by atoms with Crippen molar-refractivity contribution >= 4 is 23.7 Å². The lowest BCUT2D eigenvalue weighted by Gasteiger charge is -2.11. The second-order valence-electron chi connectivity index (χ2n) is 5.57. The summed E-state index contributed by atoms with van der Waals surface area (Å²) in [5, 5.41) is 9.75. The van der Waals surface area contributed by atoms with Crippen molar-refractivity contribution in [3.8, 4) is 0 Å². The molecule has 0 aliphatic heterocycles. The zero-order valence-electron chi connectivity index (χ0n) is 13.4. The second kappa shape index (κ2) is 7.72. The Morgan fingerprint density at radius 3 is 2.65 bits per heavy atom. The molecule has 23 heavy (non-hydrogen) atoms. The van der Waals surface area contributed by atoms with E-state index in [1.165, 1.54) is 6.21 Å². The van der Waals surface area contributed by atoms with Gasteiger partial charge in [-0.1, -0.05) is 6.92 Å². The fourth-order valence-corrected chi connectivity index (χ4v) is 2.15. The monoisotopic (exact) mass is 315 g/mol. The normalized spacial score (nSPS) is 16.7. The van der Waals surface area contributed by atoms with Crippen molar-refractivity contribution in [2.75, 3.05) is 0 Å². The summed E-state index contributed by atoms with van der Waals surface area (Å²) in [5.74, 6) is -0.359. The van der Waals surface area contributed by atoms with Gasteiger partial charge < -0.3 is 9.84 Å². The van der Waals surface area contributed by atoms with Crippen LogP contribution in [0.2, 0.25) is 0 Å². The Balaban J connectivity index is 2.07. The van der Waals surface area contributed by atoms with Crippen LogP contribution in [0, 0.1) is 0 Å². The average Bonchev–Trinajstić information content (AvgIpc) is 2.54. The highest BCUT2D eigenvalue weighted by molar-refractivity contribution is 6.14. The van der Waals surface area contributed by atoms with Crippen molar-refractivity contribution in [3.05, 3.63) is 41.2 Å². The Morgan fingerprint density at radius 1 is 1.35 bits per heavy atom. The fraction of sp³-hybridized carbons (Fsp3) is 0.389. The summed E-state index contributed by atoms with van der Waals surface area (Å²) in [6, 6.07) is 6.62. The molecule has 1 aromatic carbocycles. The van der Waals surface area contributed by atoms with Crippen molar-refractivity contribution in [1.82, 2.24) is 0 Å². The van der Waals surface area contributed by atoms with E-state index in [-0.39, 0.29) is 29.2 Å². The third-order valence-electron chi connectivity index (χ3n) is 3.76. The molecule has 5 nitrogen and oxygen atoms in total. The number of rotatable bonds is 5. The number of carbonyl (C=O) groups excluding carboxylic acids is 2. The minimum Gasteiger partial charge on any atom is -0.512 e. The molecule has 1 unspecified atom stereocenters. The van der Waals surface area contributed by atoms with Crippen LogP contribution < -0.4 is 0 Å². The highest BCUT2D eigenvalue weighted by atomic mass is 16.5. The maximum Gasteiger partial charge on any atom is 0.338 e. The van der Waals surface area contributed by atoms with Crippen LogP contribution in [0.4, 0.5) is 5.69 Å². The quantitative estimate of drug-likeness (QED) is 0.660. The predicted molar refractivity (Wildman–Crippen MR) is 88.3 cm³/mol. The number of aliphatic hydroxyl groups is 1. The SMILES string of the molecule is CCC(C)OC(=O)c1ccc(N=CC2=C(O)CCCC2=O)cc1. The number of allylic oxidation sites excluding steroid dienone is 2. The standard InChI is InChI=1S/C18H21NO4/c1-3-12(2)23-18(22)13-7-9-14(10-8-13)19-11-15-16(20)5-4-6-17(15)21/h7-12,20H,3-6H2,1-2H3. The minimum atomic E-state index is -0.363. The molecule has 122 valence electrons. The molecule has 1 aliphatic carbocycles. The molecule has 0 spiro atoms. The van der Waals surface area contributed by atoms with Gasteiger partial charge >= 0.3 is 5.97 Å². The second-order valence-corrected chi connectivity index (χ2v) is 5.57. The first kappa shape index (κ1) is 16.9. The van der Waals surface area contributed by atoms with E-state index in [1.54, 1.807) is 24.3 Å².